The molecule has 0 bridgehead atoms. The van der Waals surface area contributed by atoms with Gasteiger partial charge < -0.3 is 15.4 Å². The minimum atomic E-state index is 0.105. The number of nitrogens with two attached hydrogens (primary N) is 1. The summed E-state index contributed by atoms with van der Waals surface area (Å²) in [6, 6.07) is 0. The quantitative estimate of drug-likeness (QED) is 0.861. The fraction of sp³-hybridized carbons (Fsp3) is 0.692. The summed E-state index contributed by atoms with van der Waals surface area (Å²) < 4.78 is 5.55. The van der Waals surface area contributed by atoms with Crippen LogP contribution in [0.15, 0.2) is 12.4 Å². The van der Waals surface area contributed by atoms with Gasteiger partial charge >= 0.3 is 0 Å². The second-order valence-electron chi connectivity index (χ2n) is 5.12. The number of hydrogen-bond acceptors (Lipinski definition) is 5. The van der Waals surface area contributed by atoms with Crippen molar-refractivity contribution in [2.75, 3.05) is 31.1 Å². The van der Waals surface area contributed by atoms with Crippen LogP contribution >= 0.6 is 0 Å². The highest BCUT2D eigenvalue weighted by Crippen LogP contribution is 2.35. The van der Waals surface area contributed by atoms with E-state index in [0.717, 1.165) is 19.0 Å². The van der Waals surface area contributed by atoms with Crippen molar-refractivity contribution in [1.29, 1.82) is 0 Å². The van der Waals surface area contributed by atoms with Gasteiger partial charge in [0, 0.05) is 32.0 Å². The zero-order valence-electron chi connectivity index (χ0n) is 10.6. The van der Waals surface area contributed by atoms with Gasteiger partial charge in [0.2, 0.25) is 5.95 Å². The molecule has 2 heterocycles. The number of hydrogen-bond donors (Lipinski definition) is 1. The van der Waals surface area contributed by atoms with Gasteiger partial charge in [-0.1, -0.05) is 6.42 Å². The minimum Gasteiger partial charge on any atom is -0.373 e. The molecule has 0 radical (unpaired) electrons. The fourth-order valence-electron chi connectivity index (χ4n) is 2.49. The highest BCUT2D eigenvalue weighted by molar-refractivity contribution is 5.31. The molecule has 0 spiro atoms. The first-order chi connectivity index (χ1) is 8.86. The third kappa shape index (κ3) is 2.33. The highest BCUT2D eigenvalue weighted by Gasteiger charge is 2.23. The SMILES string of the molecule is NCC1CN(c2ncc(C3CCC3)cn2)CCO1. The zero-order valence-corrected chi connectivity index (χ0v) is 10.6. The number of anilines is 1. The first-order valence-electron chi connectivity index (χ1n) is 6.75. The number of nitrogens with zero attached hydrogens (tertiary/aromatic N) is 3. The van der Waals surface area contributed by atoms with E-state index >= 15 is 0 Å². The van der Waals surface area contributed by atoms with Crippen molar-refractivity contribution in [2.45, 2.75) is 31.3 Å². The van der Waals surface area contributed by atoms with E-state index in [1.165, 1.54) is 24.8 Å². The molecule has 1 atom stereocenters. The lowest BCUT2D eigenvalue weighted by atomic mass is 9.81. The average molecular weight is 248 g/mol. The van der Waals surface area contributed by atoms with E-state index < -0.39 is 0 Å². The van der Waals surface area contributed by atoms with Crippen LogP contribution in [0.5, 0.6) is 0 Å². The van der Waals surface area contributed by atoms with Crippen molar-refractivity contribution in [3.8, 4) is 0 Å². The smallest absolute Gasteiger partial charge is 0.225 e. The van der Waals surface area contributed by atoms with Gasteiger partial charge in [-0.25, -0.2) is 9.97 Å². The molecule has 1 saturated heterocycles. The van der Waals surface area contributed by atoms with E-state index in [4.69, 9.17) is 10.5 Å². The van der Waals surface area contributed by atoms with Crippen molar-refractivity contribution < 1.29 is 4.74 Å². The van der Waals surface area contributed by atoms with Crippen molar-refractivity contribution in [1.82, 2.24) is 9.97 Å². The fourth-order valence-corrected chi connectivity index (χ4v) is 2.49. The van der Waals surface area contributed by atoms with Crippen LogP contribution < -0.4 is 10.6 Å². The molecule has 1 saturated carbocycles. The first-order valence-corrected chi connectivity index (χ1v) is 6.75. The molecular formula is C13H20N4O. The Morgan fingerprint density at radius 1 is 1.33 bits per heavy atom. The van der Waals surface area contributed by atoms with Gasteiger partial charge in [-0.2, -0.15) is 0 Å². The van der Waals surface area contributed by atoms with Gasteiger partial charge in [-0.05, 0) is 24.3 Å². The molecule has 3 rings (SSSR count). The highest BCUT2D eigenvalue weighted by atomic mass is 16.5. The Kier molecular flexibility index (Phi) is 3.43. The lowest BCUT2D eigenvalue weighted by Gasteiger charge is -2.32. The standard InChI is InChI=1S/C13H20N4O/c14-6-12-9-17(4-5-18-12)13-15-7-11(8-16-13)10-2-1-3-10/h7-8,10,12H,1-6,9,14H2. The second kappa shape index (κ2) is 5.20. The van der Waals surface area contributed by atoms with Crippen LogP contribution in [-0.4, -0.2) is 42.3 Å². The molecule has 5 nitrogen and oxygen atoms in total. The summed E-state index contributed by atoms with van der Waals surface area (Å²) >= 11 is 0. The first kappa shape index (κ1) is 11.9. The summed E-state index contributed by atoms with van der Waals surface area (Å²) in [6.45, 7) is 2.89. The summed E-state index contributed by atoms with van der Waals surface area (Å²) in [5.41, 5.74) is 6.93. The van der Waals surface area contributed by atoms with Crippen molar-refractivity contribution in [2.24, 2.45) is 5.73 Å². The summed E-state index contributed by atoms with van der Waals surface area (Å²) in [5.74, 6) is 1.50. The molecular weight excluding hydrogens is 228 g/mol. The Morgan fingerprint density at radius 3 is 2.72 bits per heavy atom. The molecule has 18 heavy (non-hydrogen) atoms. The Balaban J connectivity index is 1.67. The third-order valence-corrected chi connectivity index (χ3v) is 3.92. The third-order valence-electron chi connectivity index (χ3n) is 3.92. The molecule has 2 N–H and O–H groups in total. The van der Waals surface area contributed by atoms with E-state index in [2.05, 4.69) is 14.9 Å². The number of ether oxygens (including phenoxy) is 1. The molecule has 0 amide bonds. The Labute approximate surface area is 107 Å². The van der Waals surface area contributed by atoms with Crippen LogP contribution in [0.3, 0.4) is 0 Å². The molecule has 98 valence electrons. The zero-order chi connectivity index (χ0) is 12.4. The minimum absolute atomic E-state index is 0.105. The predicted octanol–water partition coefficient (Wildman–Crippen LogP) is 0.908. The van der Waals surface area contributed by atoms with E-state index in [1.807, 2.05) is 12.4 Å². The maximum Gasteiger partial charge on any atom is 0.225 e. The summed E-state index contributed by atoms with van der Waals surface area (Å²) in [7, 11) is 0. The van der Waals surface area contributed by atoms with Gasteiger partial charge in [0.15, 0.2) is 0 Å². The molecule has 0 aromatic carbocycles. The summed E-state index contributed by atoms with van der Waals surface area (Å²) in [5, 5.41) is 0. The second-order valence-corrected chi connectivity index (χ2v) is 5.12. The molecule has 2 fully saturated rings. The number of rotatable bonds is 3. The topological polar surface area (TPSA) is 64.3 Å². The number of aromatic nitrogens is 2. The van der Waals surface area contributed by atoms with Crippen molar-refractivity contribution in [3.63, 3.8) is 0 Å². The van der Waals surface area contributed by atoms with Gasteiger partial charge in [0.25, 0.3) is 0 Å². The van der Waals surface area contributed by atoms with Gasteiger partial charge in [-0.15, -0.1) is 0 Å². The molecule has 2 aliphatic rings. The van der Waals surface area contributed by atoms with Crippen LogP contribution in [0.1, 0.15) is 30.7 Å². The van der Waals surface area contributed by atoms with Gasteiger partial charge in [-0.3, -0.25) is 0 Å². The summed E-state index contributed by atoms with van der Waals surface area (Å²) in [4.78, 5) is 11.1. The lowest BCUT2D eigenvalue weighted by molar-refractivity contribution is 0.0460. The van der Waals surface area contributed by atoms with Gasteiger partial charge in [0.1, 0.15) is 0 Å². The maximum absolute atomic E-state index is 5.64. The predicted molar refractivity (Wildman–Crippen MR) is 69.6 cm³/mol. The lowest BCUT2D eigenvalue weighted by Crippen LogP contribution is -2.46. The van der Waals surface area contributed by atoms with Crippen LogP contribution in [0, 0.1) is 0 Å². The Bertz CT molecular complexity index is 390. The van der Waals surface area contributed by atoms with Gasteiger partial charge in [0.05, 0.1) is 12.7 Å². The van der Waals surface area contributed by atoms with Crippen molar-refractivity contribution >= 4 is 5.95 Å². The molecule has 1 aromatic heterocycles. The molecule has 1 aliphatic carbocycles. The van der Waals surface area contributed by atoms with Crippen LogP contribution in [0.2, 0.25) is 0 Å². The van der Waals surface area contributed by atoms with Crippen molar-refractivity contribution in [3.05, 3.63) is 18.0 Å². The van der Waals surface area contributed by atoms with E-state index in [0.29, 0.717) is 19.1 Å². The molecule has 1 aliphatic heterocycles. The van der Waals surface area contributed by atoms with Crippen LogP contribution in [0.4, 0.5) is 5.95 Å². The normalized spacial score (nSPS) is 24.9. The van der Waals surface area contributed by atoms with E-state index in [-0.39, 0.29) is 6.10 Å². The number of morpholine rings is 1. The molecule has 1 unspecified atom stereocenters. The van der Waals surface area contributed by atoms with Crippen LogP contribution in [-0.2, 0) is 4.74 Å². The molecule has 5 heteroatoms. The van der Waals surface area contributed by atoms with E-state index in [9.17, 15) is 0 Å². The van der Waals surface area contributed by atoms with Crippen LogP contribution in [0.25, 0.3) is 0 Å². The average Bonchev–Trinajstić information content (AvgIpc) is 2.38. The Hall–Kier alpha value is -1.20. The maximum atomic E-state index is 5.64. The summed E-state index contributed by atoms with van der Waals surface area (Å²) in [6.07, 6.45) is 7.99. The largest absolute Gasteiger partial charge is 0.373 e. The van der Waals surface area contributed by atoms with E-state index in [1.54, 1.807) is 0 Å². The monoisotopic (exact) mass is 248 g/mol. The molecule has 1 aromatic rings. The Morgan fingerprint density at radius 2 is 2.11 bits per heavy atom.